The molecule has 0 radical (unpaired) electrons. The van der Waals surface area contributed by atoms with Crippen LogP contribution in [0.25, 0.3) is 0 Å². The Kier molecular flexibility index (Phi) is 9.95. The van der Waals surface area contributed by atoms with E-state index < -0.39 is 0 Å². The monoisotopic (exact) mass is 345 g/mol. The fourth-order valence-electron chi connectivity index (χ4n) is 2.33. The van der Waals surface area contributed by atoms with Crippen molar-refractivity contribution in [2.45, 2.75) is 52.0 Å². The van der Waals surface area contributed by atoms with Crippen molar-refractivity contribution in [1.82, 2.24) is 5.32 Å². The summed E-state index contributed by atoms with van der Waals surface area (Å²) in [5, 5.41) is 14.2. The van der Waals surface area contributed by atoms with Gasteiger partial charge in [0.05, 0.1) is 11.6 Å². The van der Waals surface area contributed by atoms with Crippen LogP contribution in [-0.4, -0.2) is 31.1 Å². The van der Waals surface area contributed by atoms with E-state index >= 15 is 0 Å². The summed E-state index contributed by atoms with van der Waals surface area (Å²) in [5.74, 6) is -0.556. The number of amides is 2. The van der Waals surface area contributed by atoms with Crippen LogP contribution < -0.4 is 10.6 Å². The first-order chi connectivity index (χ1) is 12.0. The largest absolute Gasteiger partial charge is 0.362 e. The second-order valence-electron chi connectivity index (χ2n) is 6.05. The molecule has 1 atom stereocenters. The number of carbonyl (C=O) groups is 2. The number of rotatable bonds is 11. The molecule has 1 rings (SSSR count). The molecule has 0 aliphatic rings. The zero-order chi connectivity index (χ0) is 18.5. The second kappa shape index (κ2) is 12.0. The lowest BCUT2D eigenvalue weighted by molar-refractivity contribution is -0.129. The molecular weight excluding hydrogens is 318 g/mol. The van der Waals surface area contributed by atoms with Gasteiger partial charge in [0.15, 0.2) is 0 Å². The molecule has 6 heteroatoms. The van der Waals surface area contributed by atoms with Crippen LogP contribution in [0.15, 0.2) is 24.3 Å². The lowest BCUT2D eigenvalue weighted by Crippen LogP contribution is -2.36. The highest BCUT2D eigenvalue weighted by Crippen LogP contribution is 2.08. The van der Waals surface area contributed by atoms with E-state index in [9.17, 15) is 9.59 Å². The van der Waals surface area contributed by atoms with Gasteiger partial charge in [-0.2, -0.15) is 5.26 Å². The molecule has 1 aromatic rings. The van der Waals surface area contributed by atoms with Gasteiger partial charge in [-0.3, -0.25) is 9.59 Å². The number of carbonyl (C=O) groups excluding carboxylic acids is 2. The Morgan fingerprint density at radius 3 is 2.44 bits per heavy atom. The molecule has 25 heavy (non-hydrogen) atoms. The summed E-state index contributed by atoms with van der Waals surface area (Å²) in [7, 11) is 0. The van der Waals surface area contributed by atoms with Gasteiger partial charge in [0, 0.05) is 11.7 Å². The maximum atomic E-state index is 11.8. The summed E-state index contributed by atoms with van der Waals surface area (Å²) in [4.78, 5) is 23.5. The lowest BCUT2D eigenvalue weighted by Gasteiger charge is -2.13. The topological polar surface area (TPSA) is 91.2 Å². The van der Waals surface area contributed by atoms with Crippen molar-refractivity contribution in [3.05, 3.63) is 29.8 Å². The third-order valence-electron chi connectivity index (χ3n) is 3.66. The third-order valence-corrected chi connectivity index (χ3v) is 3.66. The Bertz CT molecular complexity index is 579. The smallest absolute Gasteiger partial charge is 0.250 e. The van der Waals surface area contributed by atoms with Crippen molar-refractivity contribution in [2.75, 3.05) is 18.5 Å². The SMILES string of the molecule is CCCCCC[C@H](C)NC(=O)COCC(=O)Nc1ccc(C#N)cc1. The Morgan fingerprint density at radius 1 is 1.12 bits per heavy atom. The maximum Gasteiger partial charge on any atom is 0.250 e. The van der Waals surface area contributed by atoms with Gasteiger partial charge in [-0.15, -0.1) is 0 Å². The van der Waals surface area contributed by atoms with E-state index in [2.05, 4.69) is 17.6 Å². The van der Waals surface area contributed by atoms with Crippen LogP contribution in [0.1, 0.15) is 51.5 Å². The summed E-state index contributed by atoms with van der Waals surface area (Å²) in [6.07, 6.45) is 5.65. The number of nitrogens with zero attached hydrogens (tertiary/aromatic N) is 1. The fourth-order valence-corrected chi connectivity index (χ4v) is 2.33. The Labute approximate surface area is 149 Å². The van der Waals surface area contributed by atoms with E-state index in [1.165, 1.54) is 19.3 Å². The molecule has 0 aliphatic carbocycles. The molecule has 0 unspecified atom stereocenters. The molecule has 0 heterocycles. The minimum Gasteiger partial charge on any atom is -0.362 e. The molecule has 0 bridgehead atoms. The van der Waals surface area contributed by atoms with Crippen molar-refractivity contribution < 1.29 is 14.3 Å². The van der Waals surface area contributed by atoms with Crippen molar-refractivity contribution in [1.29, 1.82) is 5.26 Å². The first-order valence-electron chi connectivity index (χ1n) is 8.72. The van der Waals surface area contributed by atoms with Crippen molar-refractivity contribution in [3.63, 3.8) is 0 Å². The lowest BCUT2D eigenvalue weighted by atomic mass is 10.1. The van der Waals surface area contributed by atoms with Gasteiger partial charge in [-0.05, 0) is 37.6 Å². The molecule has 6 nitrogen and oxygen atoms in total. The van der Waals surface area contributed by atoms with Crippen LogP contribution in [0.3, 0.4) is 0 Å². The summed E-state index contributed by atoms with van der Waals surface area (Å²) in [6.45, 7) is 3.81. The Balaban J connectivity index is 2.17. The van der Waals surface area contributed by atoms with E-state index in [4.69, 9.17) is 10.00 Å². The van der Waals surface area contributed by atoms with Gasteiger partial charge in [0.25, 0.3) is 0 Å². The summed E-state index contributed by atoms with van der Waals surface area (Å²) < 4.78 is 5.14. The number of anilines is 1. The van der Waals surface area contributed by atoms with Crippen molar-refractivity contribution in [3.8, 4) is 6.07 Å². The molecule has 136 valence electrons. The van der Waals surface area contributed by atoms with Gasteiger partial charge in [0.1, 0.15) is 13.2 Å². The van der Waals surface area contributed by atoms with Gasteiger partial charge in [-0.25, -0.2) is 0 Å². The molecule has 2 amide bonds. The average Bonchev–Trinajstić information content (AvgIpc) is 2.59. The van der Waals surface area contributed by atoms with E-state index in [0.29, 0.717) is 11.3 Å². The van der Waals surface area contributed by atoms with Crippen LogP contribution in [0.2, 0.25) is 0 Å². The van der Waals surface area contributed by atoms with E-state index in [0.717, 1.165) is 12.8 Å². The molecule has 0 aromatic heterocycles. The third kappa shape index (κ3) is 9.48. The standard InChI is InChI=1S/C19H27N3O3/c1-3-4-5-6-7-15(2)21-18(23)13-25-14-19(24)22-17-10-8-16(12-20)9-11-17/h8-11,15H,3-7,13-14H2,1-2H3,(H,21,23)(H,22,24)/t15-/m0/s1. The molecule has 0 fully saturated rings. The minimum atomic E-state index is -0.342. The zero-order valence-corrected chi connectivity index (χ0v) is 15.0. The first kappa shape index (κ1) is 20.7. The highest BCUT2D eigenvalue weighted by atomic mass is 16.5. The maximum absolute atomic E-state index is 11.8. The quantitative estimate of drug-likeness (QED) is 0.603. The van der Waals surface area contributed by atoms with E-state index in [1.807, 2.05) is 13.0 Å². The number of benzene rings is 1. The Morgan fingerprint density at radius 2 is 1.80 bits per heavy atom. The zero-order valence-electron chi connectivity index (χ0n) is 15.0. The summed E-state index contributed by atoms with van der Waals surface area (Å²) >= 11 is 0. The molecular formula is C19H27N3O3. The molecule has 0 saturated carbocycles. The van der Waals surface area contributed by atoms with E-state index in [1.54, 1.807) is 24.3 Å². The molecule has 2 N–H and O–H groups in total. The minimum absolute atomic E-state index is 0.112. The van der Waals surface area contributed by atoms with Gasteiger partial charge < -0.3 is 15.4 Å². The fraction of sp³-hybridized carbons (Fsp3) is 0.526. The molecule has 0 aliphatic heterocycles. The first-order valence-corrected chi connectivity index (χ1v) is 8.72. The highest BCUT2D eigenvalue weighted by molar-refractivity contribution is 5.91. The van der Waals surface area contributed by atoms with Crippen LogP contribution in [-0.2, 0) is 14.3 Å². The van der Waals surface area contributed by atoms with E-state index in [-0.39, 0.29) is 31.1 Å². The molecule has 1 aromatic carbocycles. The average molecular weight is 345 g/mol. The van der Waals surface area contributed by atoms with Gasteiger partial charge >= 0.3 is 0 Å². The number of hydrogen-bond acceptors (Lipinski definition) is 4. The normalized spacial score (nSPS) is 11.4. The predicted octanol–water partition coefficient (Wildman–Crippen LogP) is 2.99. The number of nitriles is 1. The van der Waals surface area contributed by atoms with Crippen LogP contribution in [0.5, 0.6) is 0 Å². The summed E-state index contributed by atoms with van der Waals surface area (Å²) in [5.41, 5.74) is 1.10. The van der Waals surface area contributed by atoms with Gasteiger partial charge in [-0.1, -0.05) is 32.6 Å². The van der Waals surface area contributed by atoms with Crippen molar-refractivity contribution in [2.24, 2.45) is 0 Å². The van der Waals surface area contributed by atoms with Crippen LogP contribution in [0, 0.1) is 11.3 Å². The summed E-state index contributed by atoms with van der Waals surface area (Å²) in [6, 6.07) is 8.64. The second-order valence-corrected chi connectivity index (χ2v) is 6.05. The Hall–Kier alpha value is -2.39. The van der Waals surface area contributed by atoms with Crippen molar-refractivity contribution >= 4 is 17.5 Å². The van der Waals surface area contributed by atoms with Gasteiger partial charge in [0.2, 0.25) is 11.8 Å². The van der Waals surface area contributed by atoms with Crippen LogP contribution >= 0.6 is 0 Å². The number of nitrogens with one attached hydrogen (secondary N) is 2. The highest BCUT2D eigenvalue weighted by Gasteiger charge is 2.09. The van der Waals surface area contributed by atoms with Crippen LogP contribution in [0.4, 0.5) is 5.69 Å². The number of ether oxygens (including phenoxy) is 1. The number of unbranched alkanes of at least 4 members (excludes halogenated alkanes) is 3. The predicted molar refractivity (Wildman–Crippen MR) is 97.0 cm³/mol. The molecule has 0 spiro atoms. The number of hydrogen-bond donors (Lipinski definition) is 2. The molecule has 0 saturated heterocycles.